The molecule has 0 atom stereocenters. The van der Waals surface area contributed by atoms with E-state index in [2.05, 4.69) is 11.1 Å². The highest BCUT2D eigenvalue weighted by atomic mass is 16.5. The Kier molecular flexibility index (Phi) is 6.18. The zero-order valence-electron chi connectivity index (χ0n) is 13.7. The lowest BCUT2D eigenvalue weighted by molar-refractivity contribution is 0.206. The van der Waals surface area contributed by atoms with Gasteiger partial charge < -0.3 is 19.5 Å². The quantitative estimate of drug-likeness (QED) is 0.769. The van der Waals surface area contributed by atoms with E-state index in [1.165, 1.54) is 0 Å². The summed E-state index contributed by atoms with van der Waals surface area (Å²) in [5.41, 5.74) is 1.53. The smallest absolute Gasteiger partial charge is 0.221 e. The number of nitrogens with zero attached hydrogens (tertiary/aromatic N) is 3. The molecule has 0 saturated heterocycles. The number of benzene rings is 1. The number of aromatic nitrogens is 1. The predicted molar refractivity (Wildman–Crippen MR) is 91.9 cm³/mol. The molecule has 1 heterocycles. The van der Waals surface area contributed by atoms with Crippen LogP contribution in [0.5, 0.6) is 11.6 Å². The molecular formula is C17H18BN3O3. The number of rotatable bonds is 7. The number of hydrogen-bond donors (Lipinski definition) is 1. The van der Waals surface area contributed by atoms with E-state index in [1.54, 1.807) is 37.4 Å². The van der Waals surface area contributed by atoms with E-state index in [1.807, 2.05) is 11.9 Å². The first-order valence-electron chi connectivity index (χ1n) is 7.37. The Hall–Kier alpha value is -2.56. The Bertz CT molecular complexity index is 746. The van der Waals surface area contributed by atoms with Gasteiger partial charge in [-0.25, -0.2) is 0 Å². The number of aliphatic hydroxyl groups excluding tert-OH is 1. The van der Waals surface area contributed by atoms with E-state index >= 15 is 0 Å². The summed E-state index contributed by atoms with van der Waals surface area (Å²) in [6.45, 7) is 0.943. The molecule has 0 saturated carbocycles. The molecule has 2 radical (unpaired) electrons. The largest absolute Gasteiger partial charge is 0.439 e. The van der Waals surface area contributed by atoms with Crippen LogP contribution in [0.1, 0.15) is 11.1 Å². The molecular weight excluding hydrogens is 305 g/mol. The first-order valence-corrected chi connectivity index (χ1v) is 7.37. The average molecular weight is 323 g/mol. The third-order valence-corrected chi connectivity index (χ3v) is 3.47. The van der Waals surface area contributed by atoms with Crippen molar-refractivity contribution in [3.8, 4) is 17.7 Å². The molecule has 24 heavy (non-hydrogen) atoms. The molecule has 0 unspecified atom stereocenters. The van der Waals surface area contributed by atoms with Crippen LogP contribution in [-0.4, -0.2) is 45.2 Å². The van der Waals surface area contributed by atoms with Crippen LogP contribution in [0.4, 0.5) is 5.82 Å². The topological polar surface area (TPSA) is 78.6 Å². The van der Waals surface area contributed by atoms with Crippen LogP contribution in [0, 0.1) is 11.3 Å². The Morgan fingerprint density at radius 1 is 1.33 bits per heavy atom. The van der Waals surface area contributed by atoms with Gasteiger partial charge in [0.25, 0.3) is 0 Å². The van der Waals surface area contributed by atoms with Gasteiger partial charge in [-0.05, 0) is 23.8 Å². The van der Waals surface area contributed by atoms with Crippen molar-refractivity contribution >= 4 is 19.1 Å². The van der Waals surface area contributed by atoms with E-state index in [0.29, 0.717) is 47.2 Å². The third kappa shape index (κ3) is 4.25. The fourth-order valence-corrected chi connectivity index (χ4v) is 2.10. The SMILES string of the molecule is [B]c1ccc(Oc2ccc(C#N)c(N(C)CCOC)n2)cc1CO. The maximum absolute atomic E-state index is 9.27. The van der Waals surface area contributed by atoms with E-state index in [0.717, 1.165) is 0 Å². The number of methoxy groups -OCH3 is 1. The van der Waals surface area contributed by atoms with Crippen LogP contribution in [0.3, 0.4) is 0 Å². The van der Waals surface area contributed by atoms with Crippen molar-refractivity contribution < 1.29 is 14.6 Å². The van der Waals surface area contributed by atoms with Gasteiger partial charge in [0.15, 0.2) is 0 Å². The zero-order chi connectivity index (χ0) is 17.5. The summed E-state index contributed by atoms with van der Waals surface area (Å²) >= 11 is 0. The number of likely N-dealkylation sites (N-methyl/N-ethyl adjacent to an activating group) is 1. The van der Waals surface area contributed by atoms with Gasteiger partial charge in [0.05, 0.1) is 18.8 Å². The predicted octanol–water partition coefficient (Wildman–Crippen LogP) is 1.11. The molecule has 122 valence electrons. The van der Waals surface area contributed by atoms with Crippen molar-refractivity contribution in [2.24, 2.45) is 0 Å². The molecule has 0 fully saturated rings. The monoisotopic (exact) mass is 323 g/mol. The summed E-state index contributed by atoms with van der Waals surface area (Å²) < 4.78 is 10.8. The normalized spacial score (nSPS) is 10.2. The highest BCUT2D eigenvalue weighted by Crippen LogP contribution is 2.24. The van der Waals surface area contributed by atoms with Crippen LogP contribution in [-0.2, 0) is 11.3 Å². The fraction of sp³-hybridized carbons (Fsp3) is 0.294. The van der Waals surface area contributed by atoms with E-state index in [9.17, 15) is 10.4 Å². The second-order valence-electron chi connectivity index (χ2n) is 5.17. The standard InChI is InChI=1S/C17H18BN3O3/c1-21(7-8-23-2)17-12(10-19)3-6-16(20-17)24-14-4-5-15(18)13(9-14)11-22/h3-6,9,22H,7-8,11H2,1-2H3. The van der Waals surface area contributed by atoms with Crippen molar-refractivity contribution in [1.82, 2.24) is 4.98 Å². The number of nitriles is 1. The number of anilines is 1. The second-order valence-corrected chi connectivity index (χ2v) is 5.17. The minimum atomic E-state index is -0.172. The molecule has 6 nitrogen and oxygen atoms in total. The molecule has 2 aromatic rings. The molecule has 1 N–H and O–H groups in total. The van der Waals surface area contributed by atoms with E-state index < -0.39 is 0 Å². The van der Waals surface area contributed by atoms with Gasteiger partial charge in [0.1, 0.15) is 25.5 Å². The third-order valence-electron chi connectivity index (χ3n) is 3.47. The summed E-state index contributed by atoms with van der Waals surface area (Å²) in [4.78, 5) is 6.23. The Morgan fingerprint density at radius 2 is 2.12 bits per heavy atom. The molecule has 7 heteroatoms. The van der Waals surface area contributed by atoms with Gasteiger partial charge in [-0.15, -0.1) is 0 Å². The van der Waals surface area contributed by atoms with Crippen LogP contribution in [0.2, 0.25) is 0 Å². The summed E-state index contributed by atoms with van der Waals surface area (Å²) in [5.74, 6) is 1.38. The Labute approximate surface area is 142 Å². The second kappa shape index (κ2) is 8.34. The number of hydrogen-bond acceptors (Lipinski definition) is 6. The minimum Gasteiger partial charge on any atom is -0.439 e. The first-order chi connectivity index (χ1) is 11.6. The highest BCUT2D eigenvalue weighted by molar-refractivity contribution is 6.33. The summed E-state index contributed by atoms with van der Waals surface area (Å²) in [6, 6.07) is 10.4. The minimum absolute atomic E-state index is 0.172. The maximum Gasteiger partial charge on any atom is 0.221 e. The van der Waals surface area contributed by atoms with E-state index in [-0.39, 0.29) is 6.61 Å². The summed E-state index contributed by atoms with van der Waals surface area (Å²) in [5, 5.41) is 18.5. The molecule has 0 aliphatic heterocycles. The van der Waals surface area contributed by atoms with Crippen molar-refractivity contribution in [2.45, 2.75) is 6.61 Å². The van der Waals surface area contributed by atoms with Crippen molar-refractivity contribution in [3.05, 3.63) is 41.5 Å². The van der Waals surface area contributed by atoms with Crippen molar-refractivity contribution in [2.75, 3.05) is 32.2 Å². The molecule has 2 rings (SSSR count). The summed E-state index contributed by atoms with van der Waals surface area (Å²) in [6.07, 6.45) is 0. The molecule has 0 aliphatic rings. The Morgan fingerprint density at radius 3 is 2.79 bits per heavy atom. The van der Waals surface area contributed by atoms with Crippen LogP contribution < -0.4 is 15.1 Å². The molecule has 0 spiro atoms. The van der Waals surface area contributed by atoms with Gasteiger partial charge >= 0.3 is 0 Å². The number of ether oxygens (including phenoxy) is 2. The molecule has 0 bridgehead atoms. The summed E-state index contributed by atoms with van der Waals surface area (Å²) in [7, 11) is 9.21. The molecule has 0 aliphatic carbocycles. The van der Waals surface area contributed by atoms with E-state index in [4.69, 9.17) is 17.3 Å². The molecule has 0 amide bonds. The van der Waals surface area contributed by atoms with Gasteiger partial charge in [-0.2, -0.15) is 10.2 Å². The zero-order valence-corrected chi connectivity index (χ0v) is 13.7. The maximum atomic E-state index is 9.27. The fourth-order valence-electron chi connectivity index (χ4n) is 2.10. The van der Waals surface area contributed by atoms with Crippen LogP contribution in [0.15, 0.2) is 30.3 Å². The van der Waals surface area contributed by atoms with Gasteiger partial charge in [0, 0.05) is 26.8 Å². The van der Waals surface area contributed by atoms with Crippen LogP contribution >= 0.6 is 0 Å². The van der Waals surface area contributed by atoms with Crippen molar-refractivity contribution in [1.29, 1.82) is 5.26 Å². The lowest BCUT2D eigenvalue weighted by Crippen LogP contribution is -2.24. The molecule has 1 aromatic heterocycles. The van der Waals surface area contributed by atoms with Gasteiger partial charge in [-0.1, -0.05) is 11.5 Å². The number of pyridine rings is 1. The highest BCUT2D eigenvalue weighted by Gasteiger charge is 2.12. The first kappa shape index (κ1) is 17.8. The average Bonchev–Trinajstić information content (AvgIpc) is 2.61. The Balaban J connectivity index is 2.27. The number of aliphatic hydroxyl groups is 1. The van der Waals surface area contributed by atoms with Gasteiger partial charge in [0.2, 0.25) is 5.88 Å². The van der Waals surface area contributed by atoms with Crippen LogP contribution in [0.25, 0.3) is 0 Å². The van der Waals surface area contributed by atoms with Crippen molar-refractivity contribution in [3.63, 3.8) is 0 Å². The molecule has 1 aromatic carbocycles. The lowest BCUT2D eigenvalue weighted by Gasteiger charge is -2.19. The lowest BCUT2D eigenvalue weighted by atomic mass is 9.91. The van der Waals surface area contributed by atoms with Gasteiger partial charge in [-0.3, -0.25) is 0 Å².